The summed E-state index contributed by atoms with van der Waals surface area (Å²) in [5.74, 6) is 1.09. The van der Waals surface area contributed by atoms with Crippen molar-refractivity contribution in [2.75, 3.05) is 44.6 Å². The molecule has 3 rings (SSSR count). The molecule has 1 aromatic rings. The van der Waals surface area contributed by atoms with Crippen LogP contribution in [0.3, 0.4) is 0 Å². The molecule has 17 heavy (non-hydrogen) atoms. The number of nitrogens with zero attached hydrogens (tertiary/aromatic N) is 2. The Balaban J connectivity index is 1.55. The normalized spacial score (nSPS) is 25.5. The topological polar surface area (TPSA) is 63.1 Å². The highest BCUT2D eigenvalue weighted by Gasteiger charge is 2.22. The number of nitrogens with one attached hydrogen (secondary N) is 3. The number of rotatable bonds is 4. The second kappa shape index (κ2) is 5.03. The fourth-order valence-electron chi connectivity index (χ4n) is 2.16. The molecule has 2 aliphatic rings. The van der Waals surface area contributed by atoms with Crippen molar-refractivity contribution in [1.29, 1.82) is 0 Å². The molecule has 3 heterocycles. The monoisotopic (exact) mass is 237 g/mol. The van der Waals surface area contributed by atoms with Gasteiger partial charge in [-0.15, -0.1) is 0 Å². The van der Waals surface area contributed by atoms with E-state index in [1.54, 1.807) is 0 Å². The first-order valence-electron chi connectivity index (χ1n) is 6.24. The Hall–Kier alpha value is -1.11. The molecular formula is C11H19N5O. The van der Waals surface area contributed by atoms with Crippen LogP contribution in [0, 0.1) is 0 Å². The van der Waals surface area contributed by atoms with E-state index >= 15 is 0 Å². The Kier molecular flexibility index (Phi) is 3.26. The third kappa shape index (κ3) is 2.43. The minimum absolute atomic E-state index is 0.256. The second-order valence-corrected chi connectivity index (χ2v) is 4.55. The van der Waals surface area contributed by atoms with Gasteiger partial charge in [0.15, 0.2) is 0 Å². The van der Waals surface area contributed by atoms with Crippen molar-refractivity contribution in [3.8, 4) is 0 Å². The first-order chi connectivity index (χ1) is 8.43. The molecule has 0 spiro atoms. The van der Waals surface area contributed by atoms with E-state index in [9.17, 15) is 0 Å². The molecule has 0 radical (unpaired) electrons. The number of morpholine rings is 1. The zero-order valence-corrected chi connectivity index (χ0v) is 9.85. The Morgan fingerprint density at radius 3 is 3.06 bits per heavy atom. The molecule has 0 amide bonds. The van der Waals surface area contributed by atoms with Crippen molar-refractivity contribution in [2.45, 2.75) is 12.1 Å². The summed E-state index contributed by atoms with van der Waals surface area (Å²) in [7, 11) is 0. The maximum absolute atomic E-state index is 5.65. The third-order valence-corrected chi connectivity index (χ3v) is 3.29. The second-order valence-electron chi connectivity index (χ2n) is 4.55. The maximum atomic E-state index is 5.65. The summed E-state index contributed by atoms with van der Waals surface area (Å²) < 4.78 is 7.71. The third-order valence-electron chi connectivity index (χ3n) is 3.29. The SMILES string of the molecule is c1cc(NCC2CNCCO2)n(C2CNC2)n1. The largest absolute Gasteiger partial charge is 0.374 e. The summed E-state index contributed by atoms with van der Waals surface area (Å²) in [4.78, 5) is 0. The fourth-order valence-corrected chi connectivity index (χ4v) is 2.16. The van der Waals surface area contributed by atoms with Crippen molar-refractivity contribution in [3.63, 3.8) is 0 Å². The van der Waals surface area contributed by atoms with E-state index in [-0.39, 0.29) is 6.10 Å². The lowest BCUT2D eigenvalue weighted by Gasteiger charge is -2.29. The molecule has 1 unspecified atom stereocenters. The number of hydrogen-bond donors (Lipinski definition) is 3. The zero-order chi connectivity index (χ0) is 11.5. The Bertz CT molecular complexity index is 356. The summed E-state index contributed by atoms with van der Waals surface area (Å²) in [5, 5.41) is 14.4. The molecular weight excluding hydrogens is 218 g/mol. The predicted octanol–water partition coefficient (Wildman–Crippen LogP) is -0.572. The lowest BCUT2D eigenvalue weighted by molar-refractivity contribution is 0.0371. The molecule has 6 nitrogen and oxygen atoms in total. The average Bonchev–Trinajstić information content (AvgIpc) is 2.74. The number of anilines is 1. The van der Waals surface area contributed by atoms with Crippen LogP contribution in [-0.4, -0.2) is 55.2 Å². The first kappa shape index (κ1) is 11.0. The van der Waals surface area contributed by atoms with E-state index in [0.717, 1.165) is 45.1 Å². The van der Waals surface area contributed by atoms with E-state index in [4.69, 9.17) is 4.74 Å². The van der Waals surface area contributed by atoms with Gasteiger partial charge in [-0.05, 0) is 0 Å². The van der Waals surface area contributed by atoms with Gasteiger partial charge < -0.3 is 20.7 Å². The lowest BCUT2D eigenvalue weighted by atomic mass is 10.2. The predicted molar refractivity (Wildman–Crippen MR) is 65.2 cm³/mol. The smallest absolute Gasteiger partial charge is 0.124 e. The van der Waals surface area contributed by atoms with Crippen molar-refractivity contribution < 1.29 is 4.74 Å². The Morgan fingerprint density at radius 1 is 1.41 bits per heavy atom. The van der Waals surface area contributed by atoms with Gasteiger partial charge in [0.25, 0.3) is 0 Å². The quantitative estimate of drug-likeness (QED) is 0.654. The van der Waals surface area contributed by atoms with Gasteiger partial charge in [0.2, 0.25) is 0 Å². The van der Waals surface area contributed by atoms with Crippen molar-refractivity contribution in [3.05, 3.63) is 12.3 Å². The van der Waals surface area contributed by atoms with Gasteiger partial charge >= 0.3 is 0 Å². The summed E-state index contributed by atoms with van der Waals surface area (Å²) >= 11 is 0. The van der Waals surface area contributed by atoms with Crippen LogP contribution in [0.1, 0.15) is 6.04 Å². The van der Waals surface area contributed by atoms with Gasteiger partial charge in [0, 0.05) is 38.8 Å². The van der Waals surface area contributed by atoms with Crippen LogP contribution in [0.5, 0.6) is 0 Å². The van der Waals surface area contributed by atoms with Crippen LogP contribution in [0.15, 0.2) is 12.3 Å². The number of hydrogen-bond acceptors (Lipinski definition) is 5. The maximum Gasteiger partial charge on any atom is 0.124 e. The van der Waals surface area contributed by atoms with E-state index in [1.807, 2.05) is 12.3 Å². The summed E-state index contributed by atoms with van der Waals surface area (Å²) in [6.45, 7) is 5.54. The summed E-state index contributed by atoms with van der Waals surface area (Å²) in [6.07, 6.45) is 2.10. The van der Waals surface area contributed by atoms with Gasteiger partial charge in [-0.25, -0.2) is 4.68 Å². The molecule has 2 aliphatic heterocycles. The van der Waals surface area contributed by atoms with Crippen molar-refractivity contribution >= 4 is 5.82 Å². The molecule has 0 bridgehead atoms. The lowest BCUT2D eigenvalue weighted by Crippen LogP contribution is -2.45. The molecule has 6 heteroatoms. The van der Waals surface area contributed by atoms with Crippen LogP contribution in [-0.2, 0) is 4.74 Å². The first-order valence-corrected chi connectivity index (χ1v) is 6.24. The van der Waals surface area contributed by atoms with Crippen LogP contribution >= 0.6 is 0 Å². The van der Waals surface area contributed by atoms with Crippen LogP contribution in [0.4, 0.5) is 5.82 Å². The van der Waals surface area contributed by atoms with Gasteiger partial charge in [0.05, 0.1) is 24.9 Å². The Morgan fingerprint density at radius 2 is 2.35 bits per heavy atom. The minimum atomic E-state index is 0.256. The molecule has 2 fully saturated rings. The highest BCUT2D eigenvalue weighted by molar-refractivity contribution is 5.35. The molecule has 94 valence electrons. The zero-order valence-electron chi connectivity index (χ0n) is 9.85. The molecule has 0 saturated carbocycles. The van der Waals surface area contributed by atoms with Crippen molar-refractivity contribution in [2.24, 2.45) is 0 Å². The minimum Gasteiger partial charge on any atom is -0.374 e. The molecule has 2 saturated heterocycles. The molecule has 1 atom stereocenters. The summed E-state index contributed by atoms with van der Waals surface area (Å²) in [5.41, 5.74) is 0. The van der Waals surface area contributed by atoms with Gasteiger partial charge in [0.1, 0.15) is 5.82 Å². The molecule has 1 aromatic heterocycles. The highest BCUT2D eigenvalue weighted by Crippen LogP contribution is 2.17. The van der Waals surface area contributed by atoms with Gasteiger partial charge in [-0.2, -0.15) is 5.10 Å². The van der Waals surface area contributed by atoms with E-state index in [0.29, 0.717) is 6.04 Å². The highest BCUT2D eigenvalue weighted by atomic mass is 16.5. The van der Waals surface area contributed by atoms with Gasteiger partial charge in [-0.1, -0.05) is 0 Å². The Labute approximate surface area is 101 Å². The van der Waals surface area contributed by atoms with Crippen molar-refractivity contribution in [1.82, 2.24) is 20.4 Å². The molecule has 3 N–H and O–H groups in total. The summed E-state index contributed by atoms with van der Waals surface area (Å²) in [6, 6.07) is 2.52. The number of ether oxygens (including phenoxy) is 1. The molecule has 0 aromatic carbocycles. The van der Waals surface area contributed by atoms with E-state index < -0.39 is 0 Å². The number of aromatic nitrogens is 2. The van der Waals surface area contributed by atoms with Gasteiger partial charge in [-0.3, -0.25) is 0 Å². The molecule has 0 aliphatic carbocycles. The average molecular weight is 237 g/mol. The van der Waals surface area contributed by atoms with E-state index in [1.165, 1.54) is 0 Å². The van der Waals surface area contributed by atoms with Crippen LogP contribution in [0.25, 0.3) is 0 Å². The van der Waals surface area contributed by atoms with Crippen LogP contribution in [0.2, 0.25) is 0 Å². The van der Waals surface area contributed by atoms with Crippen LogP contribution < -0.4 is 16.0 Å². The fraction of sp³-hybridized carbons (Fsp3) is 0.727. The van der Waals surface area contributed by atoms with E-state index in [2.05, 4.69) is 25.7 Å². The standard InChI is InChI=1S/C11H19N5O/c1-2-15-16(9-5-13-6-9)11(1)14-8-10-7-12-3-4-17-10/h1-2,9-10,12-14H,3-8H2.